The third-order valence-corrected chi connectivity index (χ3v) is 4.71. The largest absolute Gasteiger partial charge is 0.497 e. The van der Waals surface area contributed by atoms with Gasteiger partial charge in [0.15, 0.2) is 0 Å². The Balaban J connectivity index is 1.70. The SMILES string of the molecule is COc1ccc(CCC(=O)N2CCNC(=O)C2c2ccc(C)cc2)cc1. The van der Waals surface area contributed by atoms with E-state index in [4.69, 9.17) is 4.74 Å². The number of carbonyl (C=O) groups is 2. The Hall–Kier alpha value is -2.82. The summed E-state index contributed by atoms with van der Waals surface area (Å²) in [6.45, 7) is 3.03. The molecule has 5 heteroatoms. The van der Waals surface area contributed by atoms with Crippen LogP contribution in [0.5, 0.6) is 5.75 Å². The van der Waals surface area contributed by atoms with Gasteiger partial charge in [-0.2, -0.15) is 0 Å². The number of carbonyl (C=O) groups excluding carboxylic acids is 2. The highest BCUT2D eigenvalue weighted by atomic mass is 16.5. The summed E-state index contributed by atoms with van der Waals surface area (Å²) in [6.07, 6.45) is 1.02. The van der Waals surface area contributed by atoms with Crippen LogP contribution >= 0.6 is 0 Å². The number of ether oxygens (including phenoxy) is 1. The summed E-state index contributed by atoms with van der Waals surface area (Å²) in [7, 11) is 1.63. The lowest BCUT2D eigenvalue weighted by molar-refractivity contribution is -0.143. The van der Waals surface area contributed by atoms with Crippen molar-refractivity contribution < 1.29 is 14.3 Å². The Morgan fingerprint density at radius 2 is 1.85 bits per heavy atom. The lowest BCUT2D eigenvalue weighted by Crippen LogP contribution is -2.52. The van der Waals surface area contributed by atoms with Crippen molar-refractivity contribution in [3.8, 4) is 5.75 Å². The number of aryl methyl sites for hydroxylation is 2. The van der Waals surface area contributed by atoms with Crippen LogP contribution in [0.4, 0.5) is 0 Å². The van der Waals surface area contributed by atoms with Crippen LogP contribution < -0.4 is 10.1 Å². The predicted octanol–water partition coefficient (Wildman–Crippen LogP) is 2.64. The molecule has 1 aliphatic rings. The molecule has 136 valence electrons. The van der Waals surface area contributed by atoms with Crippen LogP contribution in [-0.4, -0.2) is 36.9 Å². The number of nitrogens with one attached hydrogen (secondary N) is 1. The second-order valence-electron chi connectivity index (χ2n) is 6.54. The van der Waals surface area contributed by atoms with E-state index in [1.54, 1.807) is 12.0 Å². The van der Waals surface area contributed by atoms with Crippen molar-refractivity contribution in [1.29, 1.82) is 0 Å². The molecule has 1 atom stereocenters. The van der Waals surface area contributed by atoms with E-state index in [1.165, 1.54) is 0 Å². The van der Waals surface area contributed by atoms with E-state index in [9.17, 15) is 9.59 Å². The van der Waals surface area contributed by atoms with Crippen molar-refractivity contribution in [2.24, 2.45) is 0 Å². The van der Waals surface area contributed by atoms with Gasteiger partial charge in [0.25, 0.3) is 0 Å². The van der Waals surface area contributed by atoms with Crippen molar-refractivity contribution in [2.45, 2.75) is 25.8 Å². The van der Waals surface area contributed by atoms with Gasteiger partial charge < -0.3 is 15.0 Å². The monoisotopic (exact) mass is 352 g/mol. The number of piperazine rings is 1. The minimum Gasteiger partial charge on any atom is -0.497 e. The van der Waals surface area contributed by atoms with Crippen molar-refractivity contribution in [1.82, 2.24) is 10.2 Å². The molecule has 5 nitrogen and oxygen atoms in total. The van der Waals surface area contributed by atoms with Crippen LogP contribution in [0.2, 0.25) is 0 Å². The van der Waals surface area contributed by atoms with Gasteiger partial charge in [-0.3, -0.25) is 9.59 Å². The fourth-order valence-electron chi connectivity index (χ4n) is 3.20. The molecule has 1 heterocycles. The Kier molecular flexibility index (Phi) is 5.56. The van der Waals surface area contributed by atoms with Crippen LogP contribution in [0.15, 0.2) is 48.5 Å². The highest BCUT2D eigenvalue weighted by Gasteiger charge is 2.33. The lowest BCUT2D eigenvalue weighted by Gasteiger charge is -2.35. The quantitative estimate of drug-likeness (QED) is 0.900. The minimum atomic E-state index is -0.548. The highest BCUT2D eigenvalue weighted by Crippen LogP contribution is 2.25. The molecule has 3 rings (SSSR count). The third-order valence-electron chi connectivity index (χ3n) is 4.71. The Labute approximate surface area is 154 Å². The molecule has 1 N–H and O–H groups in total. The van der Waals surface area contributed by atoms with Crippen LogP contribution in [-0.2, 0) is 16.0 Å². The summed E-state index contributed by atoms with van der Waals surface area (Å²) >= 11 is 0. The van der Waals surface area contributed by atoms with E-state index in [2.05, 4.69) is 5.32 Å². The van der Waals surface area contributed by atoms with Crippen LogP contribution in [0.1, 0.15) is 29.2 Å². The van der Waals surface area contributed by atoms with Crippen molar-refractivity contribution in [2.75, 3.05) is 20.2 Å². The fourth-order valence-corrected chi connectivity index (χ4v) is 3.20. The molecule has 1 fully saturated rings. The third kappa shape index (κ3) is 4.04. The molecule has 2 amide bonds. The van der Waals surface area contributed by atoms with Gasteiger partial charge in [0.1, 0.15) is 11.8 Å². The number of hydrogen-bond donors (Lipinski definition) is 1. The van der Waals surface area contributed by atoms with Gasteiger partial charge >= 0.3 is 0 Å². The molecule has 0 spiro atoms. The molecular formula is C21H24N2O3. The van der Waals surface area contributed by atoms with Gasteiger partial charge in [0.05, 0.1) is 7.11 Å². The van der Waals surface area contributed by atoms with Crippen molar-refractivity contribution in [3.05, 3.63) is 65.2 Å². The van der Waals surface area contributed by atoms with Gasteiger partial charge in [-0.05, 0) is 36.6 Å². The topological polar surface area (TPSA) is 58.6 Å². The van der Waals surface area contributed by atoms with Crippen LogP contribution in [0.25, 0.3) is 0 Å². The first kappa shape index (κ1) is 18.0. The number of hydrogen-bond acceptors (Lipinski definition) is 3. The minimum absolute atomic E-state index is 0.00115. The number of rotatable bonds is 5. The zero-order chi connectivity index (χ0) is 18.5. The molecule has 1 saturated heterocycles. The molecule has 0 aliphatic carbocycles. The molecule has 1 aliphatic heterocycles. The smallest absolute Gasteiger partial charge is 0.247 e. The van der Waals surface area contributed by atoms with Crippen LogP contribution in [0, 0.1) is 6.92 Å². The average Bonchev–Trinajstić information content (AvgIpc) is 2.67. The Bertz CT molecular complexity index is 769. The molecule has 2 aromatic rings. The number of amides is 2. The maximum absolute atomic E-state index is 12.8. The van der Waals surface area contributed by atoms with E-state index >= 15 is 0 Å². The van der Waals surface area contributed by atoms with E-state index < -0.39 is 6.04 Å². The predicted molar refractivity (Wildman–Crippen MR) is 100.0 cm³/mol. The summed E-state index contributed by atoms with van der Waals surface area (Å²) in [5.41, 5.74) is 3.06. The van der Waals surface area contributed by atoms with E-state index in [0.29, 0.717) is 25.9 Å². The van der Waals surface area contributed by atoms with Gasteiger partial charge in [-0.15, -0.1) is 0 Å². The van der Waals surface area contributed by atoms with Crippen LogP contribution in [0.3, 0.4) is 0 Å². The zero-order valence-electron chi connectivity index (χ0n) is 15.2. The molecule has 0 bridgehead atoms. The molecule has 26 heavy (non-hydrogen) atoms. The summed E-state index contributed by atoms with van der Waals surface area (Å²) in [4.78, 5) is 26.9. The van der Waals surface area contributed by atoms with Crippen molar-refractivity contribution in [3.63, 3.8) is 0 Å². The highest BCUT2D eigenvalue weighted by molar-refractivity contribution is 5.89. The van der Waals surface area contributed by atoms with E-state index in [-0.39, 0.29) is 11.8 Å². The number of nitrogens with zero attached hydrogens (tertiary/aromatic N) is 1. The summed E-state index contributed by atoms with van der Waals surface area (Å²) < 4.78 is 5.15. The van der Waals surface area contributed by atoms with Gasteiger partial charge in [-0.25, -0.2) is 0 Å². The van der Waals surface area contributed by atoms with E-state index in [1.807, 2.05) is 55.5 Å². The molecular weight excluding hydrogens is 328 g/mol. The molecule has 1 unspecified atom stereocenters. The summed E-state index contributed by atoms with van der Waals surface area (Å²) in [5, 5.41) is 2.87. The zero-order valence-corrected chi connectivity index (χ0v) is 15.2. The Morgan fingerprint density at radius 3 is 2.50 bits per heavy atom. The standard InChI is InChI=1S/C21H24N2O3/c1-15-3-8-17(9-4-15)20-21(25)22-13-14-23(20)19(24)12-7-16-5-10-18(26-2)11-6-16/h3-6,8-11,20H,7,12-14H2,1-2H3,(H,22,25). The van der Waals surface area contributed by atoms with Gasteiger partial charge in [0.2, 0.25) is 11.8 Å². The second kappa shape index (κ2) is 8.04. The van der Waals surface area contributed by atoms with Gasteiger partial charge in [-0.1, -0.05) is 42.0 Å². The van der Waals surface area contributed by atoms with Crippen molar-refractivity contribution >= 4 is 11.8 Å². The molecule has 0 saturated carbocycles. The first-order valence-corrected chi connectivity index (χ1v) is 8.85. The molecule has 2 aromatic carbocycles. The second-order valence-corrected chi connectivity index (χ2v) is 6.54. The molecule has 0 radical (unpaired) electrons. The van der Waals surface area contributed by atoms with E-state index in [0.717, 1.165) is 22.4 Å². The fraction of sp³-hybridized carbons (Fsp3) is 0.333. The number of benzene rings is 2. The first-order chi connectivity index (χ1) is 12.6. The van der Waals surface area contributed by atoms with Gasteiger partial charge in [0, 0.05) is 19.5 Å². The first-order valence-electron chi connectivity index (χ1n) is 8.85. The normalized spacial score (nSPS) is 16.9. The summed E-state index contributed by atoms with van der Waals surface area (Å²) in [6, 6.07) is 15.0. The molecule has 0 aromatic heterocycles. The average molecular weight is 352 g/mol. The maximum Gasteiger partial charge on any atom is 0.247 e. The summed E-state index contributed by atoms with van der Waals surface area (Å²) in [5.74, 6) is 0.686. The lowest BCUT2D eigenvalue weighted by atomic mass is 10.00. The maximum atomic E-state index is 12.8. The number of methoxy groups -OCH3 is 1. The Morgan fingerprint density at radius 1 is 1.15 bits per heavy atom.